The first-order chi connectivity index (χ1) is 19.5. The van der Waals surface area contributed by atoms with Crippen molar-refractivity contribution in [2.45, 2.75) is 32.0 Å². The minimum absolute atomic E-state index is 0.00495. The van der Waals surface area contributed by atoms with Gasteiger partial charge >= 0.3 is 6.03 Å². The normalized spacial score (nSPS) is 11.9. The fraction of sp³-hybridized carbons (Fsp3) is 0.156. The van der Waals surface area contributed by atoms with Gasteiger partial charge in [0.1, 0.15) is 0 Å². The van der Waals surface area contributed by atoms with E-state index in [-0.39, 0.29) is 24.3 Å². The van der Waals surface area contributed by atoms with E-state index < -0.39 is 6.03 Å². The molecule has 204 valence electrons. The molecular formula is C32H34N6O2. The molecule has 4 aromatic rings. The van der Waals surface area contributed by atoms with Crippen LogP contribution < -0.4 is 27.4 Å². The van der Waals surface area contributed by atoms with Crippen LogP contribution in [0, 0.1) is 0 Å². The molecule has 0 spiro atoms. The predicted octanol–water partition coefficient (Wildman–Crippen LogP) is 4.42. The van der Waals surface area contributed by atoms with E-state index in [1.165, 1.54) is 0 Å². The van der Waals surface area contributed by atoms with Crippen molar-refractivity contribution >= 4 is 23.6 Å². The molecule has 0 aliphatic heterocycles. The lowest BCUT2D eigenvalue weighted by atomic mass is 9.91. The molecule has 8 nitrogen and oxygen atoms in total. The van der Waals surface area contributed by atoms with Gasteiger partial charge in [0.2, 0.25) is 5.91 Å². The maximum absolute atomic E-state index is 13.4. The van der Waals surface area contributed by atoms with Crippen molar-refractivity contribution < 1.29 is 9.59 Å². The van der Waals surface area contributed by atoms with Gasteiger partial charge in [0, 0.05) is 18.8 Å². The summed E-state index contributed by atoms with van der Waals surface area (Å²) in [5, 5.41) is 8.34. The Kier molecular flexibility index (Phi) is 10.0. The van der Waals surface area contributed by atoms with Gasteiger partial charge in [-0.05, 0) is 46.4 Å². The zero-order chi connectivity index (χ0) is 28.2. The van der Waals surface area contributed by atoms with E-state index in [0.717, 1.165) is 27.8 Å². The summed E-state index contributed by atoms with van der Waals surface area (Å²) in [5.74, 6) is -0.443. The molecule has 0 saturated carbocycles. The van der Waals surface area contributed by atoms with E-state index in [9.17, 15) is 9.59 Å². The van der Waals surface area contributed by atoms with Crippen LogP contribution in [-0.2, 0) is 30.8 Å². The number of hydrogen-bond donors (Lipinski definition) is 5. The summed E-state index contributed by atoms with van der Waals surface area (Å²) in [6.07, 6.45) is 0.587. The summed E-state index contributed by atoms with van der Waals surface area (Å²) in [7, 11) is 0. The first-order valence-electron chi connectivity index (χ1n) is 13.1. The largest absolute Gasteiger partial charge is 0.370 e. The van der Waals surface area contributed by atoms with E-state index in [4.69, 9.17) is 11.5 Å². The average Bonchev–Trinajstić information content (AvgIpc) is 2.99. The number of aliphatic imine (C=N–C) groups is 1. The number of rotatable bonds is 10. The van der Waals surface area contributed by atoms with E-state index in [2.05, 4.69) is 20.9 Å². The van der Waals surface area contributed by atoms with E-state index in [1.54, 1.807) is 0 Å². The number of carbonyl (C=O) groups is 2. The zero-order valence-electron chi connectivity index (χ0n) is 22.2. The number of nitrogens with one attached hydrogen (secondary N) is 3. The molecule has 3 amide bonds. The molecule has 0 saturated heterocycles. The fourth-order valence-corrected chi connectivity index (χ4v) is 4.30. The van der Waals surface area contributed by atoms with Crippen molar-refractivity contribution in [1.82, 2.24) is 10.6 Å². The number of anilines is 1. The van der Waals surface area contributed by atoms with Crippen molar-refractivity contribution in [2.24, 2.45) is 16.5 Å². The molecule has 4 aromatic carbocycles. The molecule has 7 N–H and O–H groups in total. The Bertz CT molecular complexity index is 1440. The Morgan fingerprint density at radius 3 is 2.15 bits per heavy atom. The second kappa shape index (κ2) is 14.3. The molecule has 1 atom stereocenters. The second-order valence-electron chi connectivity index (χ2n) is 9.38. The predicted molar refractivity (Wildman–Crippen MR) is 159 cm³/mol. The Balaban J connectivity index is 1.34. The summed E-state index contributed by atoms with van der Waals surface area (Å²) in [6, 6.07) is 34.4. The van der Waals surface area contributed by atoms with Gasteiger partial charge in [-0.2, -0.15) is 0 Å². The lowest BCUT2D eigenvalue weighted by molar-refractivity contribution is -0.117. The molecule has 0 aliphatic rings. The van der Waals surface area contributed by atoms with Crippen LogP contribution in [0.3, 0.4) is 0 Å². The zero-order valence-corrected chi connectivity index (χ0v) is 22.2. The number of benzene rings is 4. The maximum Gasteiger partial charge on any atom is 0.321 e. The molecular weight excluding hydrogens is 500 g/mol. The highest BCUT2D eigenvalue weighted by Crippen LogP contribution is 2.23. The second-order valence-corrected chi connectivity index (χ2v) is 9.38. The SMILES string of the molecule is NCc1cccc(CNC(=O)NC(N)=NCc2cccc(NC(=O)C(Cc3ccccc3)c3ccccc3)c2)c1. The lowest BCUT2D eigenvalue weighted by Gasteiger charge is -2.18. The third-order valence-corrected chi connectivity index (χ3v) is 6.35. The highest BCUT2D eigenvalue weighted by atomic mass is 16.2. The first-order valence-corrected chi connectivity index (χ1v) is 13.1. The van der Waals surface area contributed by atoms with Crippen LogP contribution >= 0.6 is 0 Å². The standard InChI is InChI=1S/C32H34N6O2/c33-20-24-11-7-12-25(17-24)22-36-32(40)38-31(34)35-21-26-13-8-16-28(18-26)37-30(39)29(27-14-5-2-6-15-27)19-23-9-3-1-4-10-23/h1-18,29H,19-22,33H2,(H,37,39)(H4,34,35,36,38,40). The third kappa shape index (κ3) is 8.54. The smallest absolute Gasteiger partial charge is 0.321 e. The van der Waals surface area contributed by atoms with Gasteiger partial charge in [-0.1, -0.05) is 97.1 Å². The molecule has 8 heteroatoms. The Morgan fingerprint density at radius 2 is 1.40 bits per heavy atom. The van der Waals surface area contributed by atoms with Crippen LogP contribution in [0.2, 0.25) is 0 Å². The van der Waals surface area contributed by atoms with Crippen LogP contribution in [0.25, 0.3) is 0 Å². The summed E-state index contributed by atoms with van der Waals surface area (Å²) in [6.45, 7) is 1.01. The maximum atomic E-state index is 13.4. The van der Waals surface area contributed by atoms with Crippen LogP contribution in [0.5, 0.6) is 0 Å². The van der Waals surface area contributed by atoms with E-state index in [1.807, 2.05) is 109 Å². The van der Waals surface area contributed by atoms with Crippen molar-refractivity contribution in [3.63, 3.8) is 0 Å². The number of hydrogen-bond acceptors (Lipinski definition) is 4. The highest BCUT2D eigenvalue weighted by Gasteiger charge is 2.21. The molecule has 0 radical (unpaired) electrons. The monoisotopic (exact) mass is 534 g/mol. The molecule has 0 aliphatic carbocycles. The fourth-order valence-electron chi connectivity index (χ4n) is 4.30. The van der Waals surface area contributed by atoms with Gasteiger partial charge < -0.3 is 22.1 Å². The summed E-state index contributed by atoms with van der Waals surface area (Å²) >= 11 is 0. The van der Waals surface area contributed by atoms with Crippen molar-refractivity contribution in [3.8, 4) is 0 Å². The van der Waals surface area contributed by atoms with Crippen LogP contribution in [0.1, 0.15) is 33.7 Å². The van der Waals surface area contributed by atoms with Crippen LogP contribution in [0.15, 0.2) is 114 Å². The minimum atomic E-state index is -0.453. The minimum Gasteiger partial charge on any atom is -0.370 e. The molecule has 0 fully saturated rings. The van der Waals surface area contributed by atoms with Crippen molar-refractivity contribution in [2.75, 3.05) is 5.32 Å². The van der Waals surface area contributed by atoms with Gasteiger partial charge in [-0.3, -0.25) is 10.1 Å². The van der Waals surface area contributed by atoms with Crippen molar-refractivity contribution in [1.29, 1.82) is 0 Å². The quantitative estimate of drug-likeness (QED) is 0.152. The van der Waals surface area contributed by atoms with E-state index in [0.29, 0.717) is 25.2 Å². The number of amides is 3. The molecule has 0 bridgehead atoms. The number of nitrogens with two attached hydrogens (primary N) is 2. The highest BCUT2D eigenvalue weighted by molar-refractivity contribution is 5.96. The summed E-state index contributed by atoms with van der Waals surface area (Å²) in [5.41, 5.74) is 17.1. The Hall–Kier alpha value is -4.95. The van der Waals surface area contributed by atoms with E-state index >= 15 is 0 Å². The number of guanidine groups is 1. The molecule has 40 heavy (non-hydrogen) atoms. The summed E-state index contributed by atoms with van der Waals surface area (Å²) < 4.78 is 0. The lowest BCUT2D eigenvalue weighted by Crippen LogP contribution is -2.43. The van der Waals surface area contributed by atoms with Gasteiger partial charge in [-0.15, -0.1) is 0 Å². The van der Waals surface area contributed by atoms with Gasteiger partial charge in [0.25, 0.3) is 0 Å². The Labute approximate surface area is 234 Å². The molecule has 0 aromatic heterocycles. The molecule has 0 heterocycles. The van der Waals surface area contributed by atoms with Crippen LogP contribution in [0.4, 0.5) is 10.5 Å². The molecule has 1 unspecified atom stereocenters. The number of nitrogens with zero attached hydrogens (tertiary/aromatic N) is 1. The molecule has 4 rings (SSSR count). The van der Waals surface area contributed by atoms with Gasteiger partial charge in [0.15, 0.2) is 5.96 Å². The van der Waals surface area contributed by atoms with Crippen LogP contribution in [-0.4, -0.2) is 17.9 Å². The topological polar surface area (TPSA) is 135 Å². The number of urea groups is 1. The summed E-state index contributed by atoms with van der Waals surface area (Å²) in [4.78, 5) is 29.9. The third-order valence-electron chi connectivity index (χ3n) is 6.35. The number of carbonyl (C=O) groups excluding carboxylic acids is 2. The Morgan fingerprint density at radius 1 is 0.750 bits per heavy atom. The van der Waals surface area contributed by atoms with Gasteiger partial charge in [0.05, 0.1) is 12.5 Å². The average molecular weight is 535 g/mol. The first kappa shape index (κ1) is 28.1. The van der Waals surface area contributed by atoms with Crippen molar-refractivity contribution in [3.05, 3.63) is 137 Å². The van der Waals surface area contributed by atoms with Gasteiger partial charge in [-0.25, -0.2) is 9.79 Å².